The number of anilines is 1. The Labute approximate surface area is 110 Å². The van der Waals surface area contributed by atoms with Crippen LogP contribution in [0, 0.1) is 0 Å². The van der Waals surface area contributed by atoms with Gasteiger partial charge < -0.3 is 10.5 Å². The van der Waals surface area contributed by atoms with E-state index in [0.29, 0.717) is 6.61 Å². The van der Waals surface area contributed by atoms with Gasteiger partial charge in [-0.05, 0) is 23.3 Å². The van der Waals surface area contributed by atoms with Crippen molar-refractivity contribution in [3.63, 3.8) is 0 Å². The van der Waals surface area contributed by atoms with Crippen molar-refractivity contribution in [2.75, 3.05) is 12.8 Å². The van der Waals surface area contributed by atoms with Gasteiger partial charge in [0.2, 0.25) is 0 Å². The third-order valence-electron chi connectivity index (χ3n) is 2.62. The molecule has 0 aliphatic heterocycles. The largest absolute Gasteiger partial charge is 0.398 e. The molecule has 2 nitrogen and oxygen atoms in total. The van der Waals surface area contributed by atoms with E-state index in [1.54, 1.807) is 7.11 Å². The average Bonchev–Trinajstić information content (AvgIpc) is 2.33. The Morgan fingerprint density at radius 1 is 1.18 bits per heavy atom. The highest BCUT2D eigenvalue weighted by atomic mass is 79.9. The summed E-state index contributed by atoms with van der Waals surface area (Å²) >= 11 is 3.55. The normalized spacial score (nSPS) is 10.5. The molecule has 88 valence electrons. The summed E-state index contributed by atoms with van der Waals surface area (Å²) in [5, 5.41) is 0. The van der Waals surface area contributed by atoms with E-state index in [1.165, 1.54) is 0 Å². The first-order valence-corrected chi connectivity index (χ1v) is 6.14. The van der Waals surface area contributed by atoms with Crippen LogP contribution in [0.5, 0.6) is 0 Å². The summed E-state index contributed by atoms with van der Waals surface area (Å²) in [5.41, 5.74) is 10.0. The second-order valence-corrected chi connectivity index (χ2v) is 4.68. The Morgan fingerprint density at radius 2 is 1.94 bits per heavy atom. The first-order valence-electron chi connectivity index (χ1n) is 5.34. The van der Waals surface area contributed by atoms with Gasteiger partial charge in [-0.3, -0.25) is 0 Å². The molecule has 2 aromatic carbocycles. The van der Waals surface area contributed by atoms with Crippen molar-refractivity contribution < 1.29 is 4.74 Å². The van der Waals surface area contributed by atoms with Crippen molar-refractivity contribution in [1.29, 1.82) is 0 Å². The summed E-state index contributed by atoms with van der Waals surface area (Å²) in [6.45, 7) is 0.602. The van der Waals surface area contributed by atoms with Gasteiger partial charge in [0, 0.05) is 22.8 Å². The molecule has 0 aliphatic rings. The zero-order valence-electron chi connectivity index (χ0n) is 9.61. The Hall–Kier alpha value is -1.32. The van der Waals surface area contributed by atoms with Crippen molar-refractivity contribution in [2.24, 2.45) is 0 Å². The number of hydrogen-bond donors (Lipinski definition) is 1. The molecule has 0 unspecified atom stereocenters. The van der Waals surface area contributed by atoms with E-state index in [9.17, 15) is 0 Å². The van der Waals surface area contributed by atoms with Crippen molar-refractivity contribution in [1.82, 2.24) is 0 Å². The summed E-state index contributed by atoms with van der Waals surface area (Å²) in [5.74, 6) is 0. The third-order valence-corrected chi connectivity index (χ3v) is 3.36. The van der Waals surface area contributed by atoms with Crippen molar-refractivity contribution >= 4 is 21.6 Å². The lowest BCUT2D eigenvalue weighted by atomic mass is 10.0. The summed E-state index contributed by atoms with van der Waals surface area (Å²) in [7, 11) is 1.69. The molecule has 0 heterocycles. The standard InChI is InChI=1S/C14H14BrNO/c1-17-9-11-7-6-10(8-13(11)15)12-4-2-3-5-14(12)16/h2-8H,9,16H2,1H3. The van der Waals surface area contributed by atoms with Crippen LogP contribution in [0.2, 0.25) is 0 Å². The van der Waals surface area contributed by atoms with Gasteiger partial charge in [-0.1, -0.05) is 46.3 Å². The number of benzene rings is 2. The Kier molecular flexibility index (Phi) is 3.82. The minimum atomic E-state index is 0.602. The number of nitrogen functional groups attached to an aromatic ring is 1. The van der Waals surface area contributed by atoms with Crippen LogP contribution in [-0.2, 0) is 11.3 Å². The third kappa shape index (κ3) is 2.68. The number of methoxy groups -OCH3 is 1. The van der Waals surface area contributed by atoms with Crippen molar-refractivity contribution in [3.05, 3.63) is 52.5 Å². The van der Waals surface area contributed by atoms with Crippen LogP contribution in [0.1, 0.15) is 5.56 Å². The van der Waals surface area contributed by atoms with Crippen LogP contribution in [0.15, 0.2) is 46.9 Å². The van der Waals surface area contributed by atoms with E-state index in [0.717, 1.165) is 26.9 Å². The lowest BCUT2D eigenvalue weighted by Crippen LogP contribution is -1.92. The number of nitrogens with two attached hydrogens (primary N) is 1. The first kappa shape index (κ1) is 12.1. The maximum atomic E-state index is 5.96. The Balaban J connectivity index is 2.41. The molecule has 0 spiro atoms. The molecule has 0 aromatic heterocycles. The number of ether oxygens (including phenoxy) is 1. The highest BCUT2D eigenvalue weighted by Crippen LogP contribution is 2.29. The molecular formula is C14H14BrNO. The van der Waals surface area contributed by atoms with Gasteiger partial charge in [-0.15, -0.1) is 0 Å². The fraction of sp³-hybridized carbons (Fsp3) is 0.143. The van der Waals surface area contributed by atoms with Gasteiger partial charge in [0.1, 0.15) is 0 Å². The molecule has 2 N–H and O–H groups in total. The van der Waals surface area contributed by atoms with Crippen LogP contribution in [0.3, 0.4) is 0 Å². The molecule has 17 heavy (non-hydrogen) atoms. The SMILES string of the molecule is COCc1ccc(-c2ccccc2N)cc1Br. The van der Waals surface area contributed by atoms with Gasteiger partial charge in [0.25, 0.3) is 0 Å². The average molecular weight is 292 g/mol. The van der Waals surface area contributed by atoms with Crippen LogP contribution in [0.4, 0.5) is 5.69 Å². The second kappa shape index (κ2) is 5.34. The highest BCUT2D eigenvalue weighted by molar-refractivity contribution is 9.10. The van der Waals surface area contributed by atoms with E-state index in [1.807, 2.05) is 24.3 Å². The molecule has 2 aromatic rings. The van der Waals surface area contributed by atoms with E-state index < -0.39 is 0 Å². The number of para-hydroxylation sites is 1. The fourth-order valence-corrected chi connectivity index (χ4v) is 2.24. The lowest BCUT2D eigenvalue weighted by Gasteiger charge is -2.09. The molecular weight excluding hydrogens is 278 g/mol. The van der Waals surface area contributed by atoms with Crippen LogP contribution < -0.4 is 5.73 Å². The smallest absolute Gasteiger partial charge is 0.0724 e. The molecule has 0 bridgehead atoms. The van der Waals surface area contributed by atoms with E-state index in [2.05, 4.69) is 34.1 Å². The maximum Gasteiger partial charge on any atom is 0.0724 e. The van der Waals surface area contributed by atoms with Crippen LogP contribution in [0.25, 0.3) is 11.1 Å². The molecule has 0 saturated heterocycles. The minimum absolute atomic E-state index is 0.602. The Morgan fingerprint density at radius 3 is 2.59 bits per heavy atom. The lowest BCUT2D eigenvalue weighted by molar-refractivity contribution is 0.184. The molecule has 3 heteroatoms. The predicted molar refractivity (Wildman–Crippen MR) is 74.7 cm³/mol. The fourth-order valence-electron chi connectivity index (χ4n) is 1.75. The molecule has 0 saturated carbocycles. The monoisotopic (exact) mass is 291 g/mol. The Bertz CT molecular complexity index is 525. The number of halogens is 1. The van der Waals surface area contributed by atoms with Crippen molar-refractivity contribution in [2.45, 2.75) is 6.61 Å². The van der Waals surface area contributed by atoms with Gasteiger partial charge in [0.05, 0.1) is 6.61 Å². The van der Waals surface area contributed by atoms with Gasteiger partial charge in [-0.25, -0.2) is 0 Å². The van der Waals surface area contributed by atoms with E-state index in [4.69, 9.17) is 10.5 Å². The highest BCUT2D eigenvalue weighted by Gasteiger charge is 2.05. The molecule has 0 radical (unpaired) electrons. The molecule has 0 atom stereocenters. The maximum absolute atomic E-state index is 5.96. The zero-order chi connectivity index (χ0) is 12.3. The van der Waals surface area contributed by atoms with E-state index in [-0.39, 0.29) is 0 Å². The molecule has 0 aliphatic carbocycles. The second-order valence-electron chi connectivity index (χ2n) is 3.83. The van der Waals surface area contributed by atoms with Gasteiger partial charge in [-0.2, -0.15) is 0 Å². The zero-order valence-corrected chi connectivity index (χ0v) is 11.2. The quantitative estimate of drug-likeness (QED) is 0.872. The predicted octanol–water partition coefficient (Wildman–Crippen LogP) is 3.84. The number of rotatable bonds is 3. The summed E-state index contributed by atoms with van der Waals surface area (Å²) in [6, 6.07) is 14.0. The molecule has 2 rings (SSSR count). The van der Waals surface area contributed by atoms with Crippen LogP contribution in [-0.4, -0.2) is 7.11 Å². The van der Waals surface area contributed by atoms with Gasteiger partial charge in [0.15, 0.2) is 0 Å². The summed E-state index contributed by atoms with van der Waals surface area (Å²) < 4.78 is 6.17. The minimum Gasteiger partial charge on any atom is -0.398 e. The molecule has 0 fully saturated rings. The van der Waals surface area contributed by atoms with Crippen LogP contribution >= 0.6 is 15.9 Å². The summed E-state index contributed by atoms with van der Waals surface area (Å²) in [4.78, 5) is 0. The topological polar surface area (TPSA) is 35.2 Å². The number of hydrogen-bond acceptors (Lipinski definition) is 2. The van der Waals surface area contributed by atoms with E-state index >= 15 is 0 Å². The molecule has 0 amide bonds. The summed E-state index contributed by atoms with van der Waals surface area (Å²) in [6.07, 6.45) is 0. The van der Waals surface area contributed by atoms with Crippen molar-refractivity contribution in [3.8, 4) is 11.1 Å². The van der Waals surface area contributed by atoms with Gasteiger partial charge >= 0.3 is 0 Å². The first-order chi connectivity index (χ1) is 8.22.